The number of nitrogen functional groups attached to an aromatic ring is 3. The third-order valence-electron chi connectivity index (χ3n) is 11.4. The zero-order chi connectivity index (χ0) is 50.6. The number of rotatable bonds is 9. The highest BCUT2D eigenvalue weighted by atomic mass is 35.5. The van der Waals surface area contributed by atoms with Crippen LogP contribution in [0.3, 0.4) is 0 Å². The fourth-order valence-electron chi connectivity index (χ4n) is 7.60. The van der Waals surface area contributed by atoms with Gasteiger partial charge in [-0.3, -0.25) is 24.0 Å². The lowest BCUT2D eigenvalue weighted by molar-refractivity contribution is 0.690. The first-order chi connectivity index (χ1) is 35.4. The molecule has 9 heterocycles. The molecule has 0 radical (unpaired) electrons. The minimum atomic E-state index is 0.353. The van der Waals surface area contributed by atoms with Crippen LogP contribution >= 0.6 is 34.5 Å². The van der Waals surface area contributed by atoms with Gasteiger partial charge in [-0.05, 0) is 60.7 Å². The molecule has 0 spiro atoms. The molecule has 0 bridgehead atoms. The van der Waals surface area contributed by atoms with Crippen molar-refractivity contribution in [2.24, 2.45) is 0 Å². The predicted octanol–water partition coefficient (Wildman–Crippen LogP) is 8.64. The molecular formula is C50H42Cl2N20S. The molecule has 0 aliphatic carbocycles. The Kier molecular flexibility index (Phi) is 13.6. The van der Waals surface area contributed by atoms with E-state index in [1.54, 1.807) is 57.9 Å². The van der Waals surface area contributed by atoms with Crippen LogP contribution in [0.4, 0.5) is 17.5 Å². The number of benzene rings is 3. The minimum Gasteiger partial charge on any atom is -0.383 e. The highest BCUT2D eigenvalue weighted by Gasteiger charge is 2.17. The molecule has 20 nitrogen and oxygen atoms in total. The zero-order valence-electron chi connectivity index (χ0n) is 39.2. The molecule has 12 aromatic rings. The van der Waals surface area contributed by atoms with Gasteiger partial charge in [0.25, 0.3) is 0 Å². The maximum absolute atomic E-state index is 6.31. The second-order valence-electron chi connectivity index (χ2n) is 16.5. The Bertz CT molecular complexity index is 3890. The van der Waals surface area contributed by atoms with Crippen molar-refractivity contribution in [3.8, 4) is 34.6 Å². The van der Waals surface area contributed by atoms with E-state index >= 15 is 0 Å². The van der Waals surface area contributed by atoms with Crippen LogP contribution in [0.15, 0.2) is 128 Å². The summed E-state index contributed by atoms with van der Waals surface area (Å²) in [4.78, 5) is 47.3. The lowest BCUT2D eigenvalue weighted by Gasteiger charge is -2.07. The van der Waals surface area contributed by atoms with E-state index < -0.39 is 0 Å². The molecule has 6 N–H and O–H groups in total. The van der Waals surface area contributed by atoms with E-state index in [-0.39, 0.29) is 0 Å². The van der Waals surface area contributed by atoms with Gasteiger partial charge >= 0.3 is 0 Å². The van der Waals surface area contributed by atoms with Crippen LogP contribution in [0.2, 0.25) is 10.0 Å². The molecule has 23 heteroatoms. The number of fused-ring (bicyclic) bond motifs is 3. The Labute approximate surface area is 430 Å². The van der Waals surface area contributed by atoms with Crippen LogP contribution in [-0.2, 0) is 19.6 Å². The molecule has 0 saturated carbocycles. The van der Waals surface area contributed by atoms with E-state index in [9.17, 15) is 0 Å². The Balaban J connectivity index is 0.000000126. The fourth-order valence-corrected chi connectivity index (χ4v) is 8.66. The Morgan fingerprint density at radius 2 is 0.945 bits per heavy atom. The van der Waals surface area contributed by atoms with E-state index in [1.807, 2.05) is 97.1 Å². The van der Waals surface area contributed by atoms with Gasteiger partial charge in [-0.2, -0.15) is 15.3 Å². The summed E-state index contributed by atoms with van der Waals surface area (Å²) in [6, 6.07) is 21.7. The predicted molar refractivity (Wildman–Crippen MR) is 283 cm³/mol. The molecule has 0 atom stereocenters. The first-order valence-electron chi connectivity index (χ1n) is 22.4. The molecule has 12 rings (SSSR count). The third-order valence-corrected chi connectivity index (χ3v) is 12.9. The molecule has 0 unspecified atom stereocenters. The van der Waals surface area contributed by atoms with Crippen molar-refractivity contribution >= 4 is 85.1 Å². The van der Waals surface area contributed by atoms with E-state index in [1.165, 1.54) is 11.1 Å². The van der Waals surface area contributed by atoms with Gasteiger partial charge in [-0.1, -0.05) is 77.8 Å². The summed E-state index contributed by atoms with van der Waals surface area (Å²) in [5.41, 5.74) is 27.2. The highest BCUT2D eigenvalue weighted by molar-refractivity contribution is 7.09. The van der Waals surface area contributed by atoms with Crippen molar-refractivity contribution in [2.75, 3.05) is 17.2 Å². The number of nitrogens with two attached hydrogens (primary N) is 3. The number of nitrogens with zero attached hydrogens (tertiary/aromatic N) is 17. The number of thiazole rings is 1. The maximum Gasteiger partial charge on any atom is 0.187 e. The lowest BCUT2D eigenvalue weighted by Crippen LogP contribution is -2.02. The molecule has 3 aromatic carbocycles. The normalized spacial score (nSPS) is 11.1. The molecule has 9 aromatic heterocycles. The first-order valence-corrected chi connectivity index (χ1v) is 24.0. The van der Waals surface area contributed by atoms with Gasteiger partial charge in [0.1, 0.15) is 34.5 Å². The lowest BCUT2D eigenvalue weighted by atomic mass is 10.1. The number of hydrogen-bond acceptors (Lipinski definition) is 18. The first kappa shape index (κ1) is 47.7. The number of hydrogen-bond donors (Lipinski definition) is 3. The largest absolute Gasteiger partial charge is 0.383 e. The molecule has 0 fully saturated rings. The summed E-state index contributed by atoms with van der Waals surface area (Å²) >= 11 is 14.1. The Hall–Kier alpha value is -8.92. The summed E-state index contributed by atoms with van der Waals surface area (Å²) in [7, 11) is 0. The molecule has 0 aliphatic rings. The van der Waals surface area contributed by atoms with Crippen molar-refractivity contribution in [2.45, 2.75) is 40.4 Å². The van der Waals surface area contributed by atoms with E-state index in [4.69, 9.17) is 40.4 Å². The smallest absolute Gasteiger partial charge is 0.187 e. The summed E-state index contributed by atoms with van der Waals surface area (Å²) in [5.74, 6) is 2.45. The summed E-state index contributed by atoms with van der Waals surface area (Å²) in [5, 5.41) is 20.0. The van der Waals surface area contributed by atoms with E-state index in [2.05, 4.69) is 89.2 Å². The fraction of sp³-hybridized carbons (Fsp3) is 0.120. The second kappa shape index (κ2) is 20.8. The zero-order valence-corrected chi connectivity index (χ0v) is 41.6. The van der Waals surface area contributed by atoms with Gasteiger partial charge in [-0.15, -0.1) is 11.3 Å². The molecule has 362 valence electrons. The van der Waals surface area contributed by atoms with Crippen molar-refractivity contribution in [1.29, 1.82) is 0 Å². The highest BCUT2D eigenvalue weighted by Crippen LogP contribution is 2.27. The standard InChI is InChI=1S/C17H14ClN7.C17H16N6S.C16H12ClN7/c1-10-3-2-4-13(18)11(10)8-25-9-12-15(19)22-17(23-16(12)24-25)14-7-20-5-6-21-14;1-10-5-3-4-6-12(10)7-23-8-13-15(18)20-17(21-16(13)22-23)14-9-24-11(2)19-14;17-12-4-2-1-3-10(12)8-24-9-11-14(18)21-16(22-15(11)23-24)13-7-19-5-6-20-13/h2-7,9H,8H2,1H3,(H2,19,22,23,24);3-6,8-9H,7H2,1-2H3,(H2,18,20,21,22);1-7,9H,8H2,(H2,18,21,22,23). The second-order valence-corrected chi connectivity index (χ2v) is 18.4. The topological polar surface area (TPSA) is 273 Å². The maximum atomic E-state index is 6.31. The van der Waals surface area contributed by atoms with E-state index in [0.717, 1.165) is 32.8 Å². The van der Waals surface area contributed by atoms with Crippen molar-refractivity contribution < 1.29 is 0 Å². The monoisotopic (exact) mass is 1020 g/mol. The number of aromatic nitrogens is 17. The number of halogens is 2. The van der Waals surface area contributed by atoms with Crippen LogP contribution in [0, 0.1) is 20.8 Å². The van der Waals surface area contributed by atoms with Crippen LogP contribution in [0.5, 0.6) is 0 Å². The Morgan fingerprint density at radius 1 is 0.479 bits per heavy atom. The van der Waals surface area contributed by atoms with Crippen LogP contribution < -0.4 is 17.2 Å². The van der Waals surface area contributed by atoms with E-state index in [0.29, 0.717) is 104 Å². The van der Waals surface area contributed by atoms with Crippen LogP contribution in [0.1, 0.15) is 32.8 Å². The molecule has 0 amide bonds. The summed E-state index contributed by atoms with van der Waals surface area (Å²) in [6.07, 6.45) is 15.0. The summed E-state index contributed by atoms with van der Waals surface area (Å²) < 4.78 is 5.37. The molecular weight excluding hydrogens is 984 g/mol. The van der Waals surface area contributed by atoms with Crippen molar-refractivity contribution in [3.63, 3.8) is 0 Å². The van der Waals surface area contributed by atoms with Gasteiger partial charge in [0.2, 0.25) is 0 Å². The van der Waals surface area contributed by atoms with Gasteiger partial charge in [-0.25, -0.2) is 44.9 Å². The summed E-state index contributed by atoms with van der Waals surface area (Å²) in [6.45, 7) is 7.79. The Morgan fingerprint density at radius 3 is 1.42 bits per heavy atom. The van der Waals surface area contributed by atoms with Crippen molar-refractivity contribution in [3.05, 3.63) is 171 Å². The molecule has 73 heavy (non-hydrogen) atoms. The minimum absolute atomic E-state index is 0.353. The third kappa shape index (κ3) is 10.7. The SMILES string of the molecule is Cc1cccc(Cl)c1Cn1cc2c(N)nc(-c3cnccn3)nc2n1.Cc1nc(-c2nc(N)c3cn(Cc4ccccc4C)nc3n2)cs1.Nc1nc(-c2cnccn2)nc2nn(Cc3ccccc3Cl)cc12. The number of aryl methyl sites for hydroxylation is 3. The van der Waals surface area contributed by atoms with Crippen LogP contribution in [0.25, 0.3) is 67.7 Å². The van der Waals surface area contributed by atoms with Crippen LogP contribution in [-0.4, -0.2) is 84.2 Å². The van der Waals surface area contributed by atoms with Gasteiger partial charge in [0.05, 0.1) is 53.2 Å². The molecule has 0 aliphatic heterocycles. The van der Waals surface area contributed by atoms with Gasteiger partial charge < -0.3 is 17.2 Å². The van der Waals surface area contributed by atoms with Gasteiger partial charge in [0, 0.05) is 58.8 Å². The number of anilines is 3. The average Bonchev–Trinajstić information content (AvgIpc) is 4.22. The van der Waals surface area contributed by atoms with Gasteiger partial charge in [0.15, 0.2) is 34.4 Å². The average molecular weight is 1030 g/mol. The van der Waals surface area contributed by atoms with Crippen molar-refractivity contribution in [1.82, 2.24) is 84.2 Å². The molecule has 0 saturated heterocycles. The quantitative estimate of drug-likeness (QED) is 0.122.